The molecule has 5 heteroatoms. The van der Waals surface area contributed by atoms with Crippen LogP contribution in [0.3, 0.4) is 0 Å². The van der Waals surface area contributed by atoms with Gasteiger partial charge in [-0.1, -0.05) is 0 Å². The molecule has 1 saturated carbocycles. The second-order valence-corrected chi connectivity index (χ2v) is 4.74. The number of aromatic nitrogens is 3. The van der Waals surface area contributed by atoms with Gasteiger partial charge in [-0.15, -0.1) is 0 Å². The Balaban J connectivity index is 1.65. The molecule has 0 saturated heterocycles. The van der Waals surface area contributed by atoms with E-state index in [1.54, 1.807) is 12.4 Å². The molecule has 0 spiro atoms. The standard InChI is InChI=1S/C12H16N4O/c17-12(2-1-3-12)9-14-6-10-7-15-11-8-13-4-5-16(10)11/h4-5,7-8,14,17H,1-3,6,9H2. The largest absolute Gasteiger partial charge is 0.389 e. The van der Waals surface area contributed by atoms with Crippen LogP contribution in [-0.4, -0.2) is 31.6 Å². The number of fused-ring (bicyclic) bond motifs is 1. The van der Waals surface area contributed by atoms with Crippen LogP contribution in [0.25, 0.3) is 5.65 Å². The molecule has 2 N–H and O–H groups in total. The van der Waals surface area contributed by atoms with Crippen LogP contribution < -0.4 is 5.32 Å². The number of rotatable bonds is 4. The molecule has 0 aliphatic heterocycles. The minimum absolute atomic E-state index is 0.470. The van der Waals surface area contributed by atoms with Crippen molar-refractivity contribution in [3.63, 3.8) is 0 Å². The van der Waals surface area contributed by atoms with E-state index in [1.807, 2.05) is 16.8 Å². The lowest BCUT2D eigenvalue weighted by atomic mass is 9.80. The summed E-state index contributed by atoms with van der Waals surface area (Å²) in [7, 11) is 0. The van der Waals surface area contributed by atoms with Crippen molar-refractivity contribution in [2.75, 3.05) is 6.54 Å². The summed E-state index contributed by atoms with van der Waals surface area (Å²) in [5, 5.41) is 13.2. The molecule has 0 atom stereocenters. The summed E-state index contributed by atoms with van der Waals surface area (Å²) < 4.78 is 2.00. The molecule has 0 radical (unpaired) electrons. The van der Waals surface area contributed by atoms with Gasteiger partial charge in [0.2, 0.25) is 0 Å². The first-order chi connectivity index (χ1) is 8.27. The Labute approximate surface area is 99.5 Å². The second-order valence-electron chi connectivity index (χ2n) is 4.74. The van der Waals surface area contributed by atoms with Crippen LogP contribution in [0.1, 0.15) is 25.0 Å². The number of aliphatic hydroxyl groups is 1. The van der Waals surface area contributed by atoms with E-state index in [4.69, 9.17) is 0 Å². The fraction of sp³-hybridized carbons (Fsp3) is 0.500. The molecule has 17 heavy (non-hydrogen) atoms. The molecule has 1 aliphatic rings. The highest BCUT2D eigenvalue weighted by molar-refractivity contribution is 5.36. The molecule has 2 aromatic heterocycles. The maximum Gasteiger partial charge on any atom is 0.155 e. The molecule has 2 heterocycles. The third kappa shape index (κ3) is 2.03. The maximum absolute atomic E-state index is 9.96. The Kier molecular flexibility index (Phi) is 2.57. The lowest BCUT2D eigenvalue weighted by Crippen LogP contribution is -2.46. The van der Waals surface area contributed by atoms with Crippen molar-refractivity contribution >= 4 is 5.65 Å². The van der Waals surface area contributed by atoms with E-state index >= 15 is 0 Å². The van der Waals surface area contributed by atoms with Crippen molar-refractivity contribution in [3.05, 3.63) is 30.5 Å². The fourth-order valence-electron chi connectivity index (χ4n) is 2.21. The summed E-state index contributed by atoms with van der Waals surface area (Å²) in [6.45, 7) is 1.37. The zero-order chi connectivity index (χ0) is 11.7. The quantitative estimate of drug-likeness (QED) is 0.816. The van der Waals surface area contributed by atoms with Gasteiger partial charge in [0, 0.05) is 25.5 Å². The fourth-order valence-corrected chi connectivity index (χ4v) is 2.21. The van der Waals surface area contributed by atoms with Gasteiger partial charge in [-0.3, -0.25) is 9.38 Å². The second kappa shape index (κ2) is 4.09. The lowest BCUT2D eigenvalue weighted by molar-refractivity contribution is -0.0315. The number of imidazole rings is 1. The SMILES string of the molecule is OC1(CNCc2cnc3cnccn23)CCC1. The van der Waals surface area contributed by atoms with E-state index in [9.17, 15) is 5.11 Å². The number of hydrogen-bond acceptors (Lipinski definition) is 4. The Hall–Kier alpha value is -1.46. The van der Waals surface area contributed by atoms with Crippen molar-refractivity contribution < 1.29 is 5.11 Å². The molecule has 0 amide bonds. The topological polar surface area (TPSA) is 62.5 Å². The van der Waals surface area contributed by atoms with Gasteiger partial charge in [0.15, 0.2) is 5.65 Å². The Morgan fingerprint density at radius 2 is 2.29 bits per heavy atom. The van der Waals surface area contributed by atoms with E-state index in [0.717, 1.165) is 30.6 Å². The van der Waals surface area contributed by atoms with E-state index in [1.165, 1.54) is 0 Å². The summed E-state index contributed by atoms with van der Waals surface area (Å²) in [6.07, 6.45) is 10.2. The van der Waals surface area contributed by atoms with Crippen LogP contribution >= 0.6 is 0 Å². The van der Waals surface area contributed by atoms with Gasteiger partial charge in [-0.25, -0.2) is 4.98 Å². The highest BCUT2D eigenvalue weighted by atomic mass is 16.3. The van der Waals surface area contributed by atoms with Gasteiger partial charge >= 0.3 is 0 Å². The zero-order valence-electron chi connectivity index (χ0n) is 9.63. The van der Waals surface area contributed by atoms with Crippen LogP contribution in [0.15, 0.2) is 24.8 Å². The normalized spacial score (nSPS) is 18.2. The third-order valence-corrected chi connectivity index (χ3v) is 3.44. The summed E-state index contributed by atoms with van der Waals surface area (Å²) in [5.74, 6) is 0. The van der Waals surface area contributed by atoms with E-state index < -0.39 is 5.60 Å². The zero-order valence-corrected chi connectivity index (χ0v) is 9.63. The average Bonchev–Trinajstić information content (AvgIpc) is 2.71. The van der Waals surface area contributed by atoms with Crippen molar-refractivity contribution in [3.8, 4) is 0 Å². The lowest BCUT2D eigenvalue weighted by Gasteiger charge is -2.36. The monoisotopic (exact) mass is 232 g/mol. The van der Waals surface area contributed by atoms with Crippen LogP contribution in [0, 0.1) is 0 Å². The molecule has 1 aliphatic carbocycles. The first-order valence-corrected chi connectivity index (χ1v) is 5.96. The molecule has 1 fully saturated rings. The minimum Gasteiger partial charge on any atom is -0.389 e. The molecule has 90 valence electrons. The van der Waals surface area contributed by atoms with Crippen LogP contribution in [0.4, 0.5) is 0 Å². The molecule has 0 aromatic carbocycles. The summed E-state index contributed by atoms with van der Waals surface area (Å²) >= 11 is 0. The molecular weight excluding hydrogens is 216 g/mol. The number of hydrogen-bond donors (Lipinski definition) is 2. The Morgan fingerprint density at radius 1 is 1.41 bits per heavy atom. The Bertz CT molecular complexity index is 518. The maximum atomic E-state index is 9.96. The van der Waals surface area contributed by atoms with E-state index in [-0.39, 0.29) is 0 Å². The highest BCUT2D eigenvalue weighted by Gasteiger charge is 2.33. The molecule has 2 aromatic rings. The van der Waals surface area contributed by atoms with Crippen molar-refractivity contribution in [2.45, 2.75) is 31.4 Å². The molecule has 5 nitrogen and oxygen atoms in total. The smallest absolute Gasteiger partial charge is 0.155 e. The average molecular weight is 232 g/mol. The van der Waals surface area contributed by atoms with Gasteiger partial charge < -0.3 is 10.4 Å². The molecule has 3 rings (SSSR count). The van der Waals surface area contributed by atoms with Crippen molar-refractivity contribution in [2.24, 2.45) is 0 Å². The van der Waals surface area contributed by atoms with E-state index in [2.05, 4.69) is 15.3 Å². The highest BCUT2D eigenvalue weighted by Crippen LogP contribution is 2.30. The summed E-state index contributed by atoms with van der Waals surface area (Å²) in [4.78, 5) is 8.29. The van der Waals surface area contributed by atoms with Crippen LogP contribution in [-0.2, 0) is 6.54 Å². The van der Waals surface area contributed by atoms with Crippen molar-refractivity contribution in [1.29, 1.82) is 0 Å². The van der Waals surface area contributed by atoms with E-state index in [0.29, 0.717) is 13.1 Å². The molecule has 0 unspecified atom stereocenters. The first-order valence-electron chi connectivity index (χ1n) is 5.96. The number of nitrogens with one attached hydrogen (secondary N) is 1. The van der Waals surface area contributed by atoms with Crippen LogP contribution in [0.5, 0.6) is 0 Å². The summed E-state index contributed by atoms with van der Waals surface area (Å²) in [6, 6.07) is 0. The third-order valence-electron chi connectivity index (χ3n) is 3.44. The predicted octanol–water partition coefficient (Wildman–Crippen LogP) is 0.734. The van der Waals surface area contributed by atoms with Gasteiger partial charge in [-0.2, -0.15) is 0 Å². The van der Waals surface area contributed by atoms with Gasteiger partial charge in [0.25, 0.3) is 0 Å². The van der Waals surface area contributed by atoms with Gasteiger partial charge in [0.1, 0.15) is 0 Å². The first kappa shape index (κ1) is 10.7. The Morgan fingerprint density at radius 3 is 3.06 bits per heavy atom. The predicted molar refractivity (Wildman–Crippen MR) is 63.5 cm³/mol. The van der Waals surface area contributed by atoms with Gasteiger partial charge in [-0.05, 0) is 19.3 Å². The molecule has 0 bridgehead atoms. The van der Waals surface area contributed by atoms with Crippen molar-refractivity contribution in [1.82, 2.24) is 19.7 Å². The minimum atomic E-state index is -0.470. The van der Waals surface area contributed by atoms with Gasteiger partial charge in [0.05, 0.1) is 23.7 Å². The molecular formula is C12H16N4O. The summed E-state index contributed by atoms with van der Waals surface area (Å²) in [5.41, 5.74) is 1.47. The van der Waals surface area contributed by atoms with Crippen LogP contribution in [0.2, 0.25) is 0 Å². The number of nitrogens with zero attached hydrogens (tertiary/aromatic N) is 3.